The van der Waals surface area contributed by atoms with Crippen LogP contribution >= 0.6 is 0 Å². The Morgan fingerprint density at radius 1 is 1.28 bits per heavy atom. The summed E-state index contributed by atoms with van der Waals surface area (Å²) < 4.78 is 5.89. The minimum Gasteiger partial charge on any atom is -0.462 e. The predicted molar refractivity (Wildman–Crippen MR) is 73.1 cm³/mol. The molecule has 5 unspecified atom stereocenters. The molecule has 0 aromatic rings. The Bertz CT molecular complexity index is 323. The molecule has 0 N–H and O–H groups in total. The molecule has 0 saturated heterocycles. The van der Waals surface area contributed by atoms with Crippen molar-refractivity contribution in [2.24, 2.45) is 29.1 Å². The first-order valence-electron chi connectivity index (χ1n) is 7.55. The van der Waals surface area contributed by atoms with Crippen molar-refractivity contribution in [2.45, 2.75) is 66.4 Å². The second-order valence-corrected chi connectivity index (χ2v) is 7.29. The number of rotatable bonds is 3. The van der Waals surface area contributed by atoms with E-state index in [2.05, 4.69) is 34.6 Å². The summed E-state index contributed by atoms with van der Waals surface area (Å²) in [4.78, 5) is 12.3. The van der Waals surface area contributed by atoms with Crippen LogP contribution in [0.2, 0.25) is 0 Å². The van der Waals surface area contributed by atoms with Gasteiger partial charge in [0.15, 0.2) is 0 Å². The van der Waals surface area contributed by atoms with Gasteiger partial charge in [-0.2, -0.15) is 0 Å². The van der Waals surface area contributed by atoms with Crippen LogP contribution in [0, 0.1) is 29.1 Å². The van der Waals surface area contributed by atoms with Gasteiger partial charge < -0.3 is 4.74 Å². The summed E-state index contributed by atoms with van der Waals surface area (Å²) in [7, 11) is 0. The van der Waals surface area contributed by atoms with Gasteiger partial charge in [-0.1, -0.05) is 34.1 Å². The van der Waals surface area contributed by atoms with E-state index in [1.165, 1.54) is 12.8 Å². The van der Waals surface area contributed by atoms with Gasteiger partial charge in [-0.05, 0) is 49.9 Å². The molecule has 0 heterocycles. The molecule has 104 valence electrons. The molecule has 0 aliphatic heterocycles. The zero-order chi connectivity index (χ0) is 13.5. The van der Waals surface area contributed by atoms with Crippen LogP contribution in [0.1, 0.15) is 60.3 Å². The van der Waals surface area contributed by atoms with E-state index in [-0.39, 0.29) is 17.5 Å². The molecule has 2 aliphatic rings. The SMILES string of the molecule is CC1CCC(C(C)C)C(OC(=O)C2(C)CC2C)C1. The van der Waals surface area contributed by atoms with Crippen LogP contribution in [-0.2, 0) is 9.53 Å². The van der Waals surface area contributed by atoms with E-state index in [0.29, 0.717) is 23.7 Å². The Morgan fingerprint density at radius 3 is 2.39 bits per heavy atom. The Labute approximate surface area is 111 Å². The number of esters is 1. The van der Waals surface area contributed by atoms with Crippen LogP contribution in [0.5, 0.6) is 0 Å². The number of carbonyl (C=O) groups is 1. The molecule has 0 amide bonds. The Balaban J connectivity index is 1.98. The summed E-state index contributed by atoms with van der Waals surface area (Å²) in [5.41, 5.74) is -0.178. The molecule has 0 aromatic heterocycles. The maximum Gasteiger partial charge on any atom is 0.312 e. The highest BCUT2D eigenvalue weighted by Crippen LogP contribution is 2.53. The number of hydrogen-bond acceptors (Lipinski definition) is 2. The van der Waals surface area contributed by atoms with Crippen LogP contribution in [0.15, 0.2) is 0 Å². The minimum atomic E-state index is -0.178. The summed E-state index contributed by atoms with van der Waals surface area (Å²) in [6.45, 7) is 11.0. The van der Waals surface area contributed by atoms with Gasteiger partial charge in [-0.25, -0.2) is 0 Å². The van der Waals surface area contributed by atoms with Crippen LogP contribution < -0.4 is 0 Å². The molecule has 2 aliphatic carbocycles. The summed E-state index contributed by atoms with van der Waals surface area (Å²) in [5, 5.41) is 0. The van der Waals surface area contributed by atoms with Crippen LogP contribution in [0.3, 0.4) is 0 Å². The molecule has 2 saturated carbocycles. The topological polar surface area (TPSA) is 26.3 Å². The van der Waals surface area contributed by atoms with E-state index < -0.39 is 0 Å². The Hall–Kier alpha value is -0.530. The van der Waals surface area contributed by atoms with Crippen molar-refractivity contribution in [3.8, 4) is 0 Å². The van der Waals surface area contributed by atoms with E-state index in [4.69, 9.17) is 4.74 Å². The van der Waals surface area contributed by atoms with Gasteiger partial charge >= 0.3 is 5.97 Å². The predicted octanol–water partition coefficient (Wildman–Crippen LogP) is 4.04. The van der Waals surface area contributed by atoms with Gasteiger partial charge in [0.1, 0.15) is 6.10 Å². The molecule has 2 nitrogen and oxygen atoms in total. The molecule has 0 radical (unpaired) electrons. The van der Waals surface area contributed by atoms with Crippen molar-refractivity contribution in [1.82, 2.24) is 0 Å². The van der Waals surface area contributed by atoms with Gasteiger partial charge in [0.2, 0.25) is 0 Å². The first-order valence-corrected chi connectivity index (χ1v) is 7.55. The molecule has 2 heteroatoms. The average Bonchev–Trinajstić information content (AvgIpc) is 2.88. The fraction of sp³-hybridized carbons (Fsp3) is 0.938. The van der Waals surface area contributed by atoms with Gasteiger partial charge in [-0.15, -0.1) is 0 Å². The van der Waals surface area contributed by atoms with Crippen molar-refractivity contribution >= 4 is 5.97 Å². The maximum absolute atomic E-state index is 12.3. The highest BCUT2D eigenvalue weighted by molar-refractivity contribution is 5.80. The van der Waals surface area contributed by atoms with Crippen molar-refractivity contribution in [3.05, 3.63) is 0 Å². The third-order valence-electron chi connectivity index (χ3n) is 5.34. The number of hydrogen-bond donors (Lipinski definition) is 0. The van der Waals surface area contributed by atoms with Crippen LogP contribution in [0.4, 0.5) is 0 Å². The van der Waals surface area contributed by atoms with Crippen molar-refractivity contribution < 1.29 is 9.53 Å². The molecule has 0 aromatic carbocycles. The average molecular weight is 252 g/mol. The zero-order valence-electron chi connectivity index (χ0n) is 12.5. The quantitative estimate of drug-likeness (QED) is 0.709. The van der Waals surface area contributed by atoms with E-state index in [1.807, 2.05) is 0 Å². The maximum atomic E-state index is 12.3. The molecular weight excluding hydrogens is 224 g/mol. The molecule has 18 heavy (non-hydrogen) atoms. The Morgan fingerprint density at radius 2 is 1.89 bits per heavy atom. The van der Waals surface area contributed by atoms with E-state index >= 15 is 0 Å². The second kappa shape index (κ2) is 4.86. The molecule has 0 bridgehead atoms. The third kappa shape index (κ3) is 2.57. The molecule has 5 atom stereocenters. The molecular formula is C16H28O2. The summed E-state index contributed by atoms with van der Waals surface area (Å²) in [6, 6.07) is 0. The van der Waals surface area contributed by atoms with Crippen molar-refractivity contribution in [3.63, 3.8) is 0 Å². The van der Waals surface area contributed by atoms with Gasteiger partial charge in [-0.3, -0.25) is 4.79 Å². The Kier molecular flexibility index (Phi) is 3.75. The van der Waals surface area contributed by atoms with E-state index in [0.717, 1.165) is 12.8 Å². The summed E-state index contributed by atoms with van der Waals surface area (Å²) in [5.74, 6) is 2.42. The lowest BCUT2D eigenvalue weighted by atomic mass is 9.75. The largest absolute Gasteiger partial charge is 0.462 e. The highest BCUT2D eigenvalue weighted by atomic mass is 16.5. The summed E-state index contributed by atoms with van der Waals surface area (Å²) in [6.07, 6.45) is 4.71. The van der Waals surface area contributed by atoms with Crippen LogP contribution in [0.25, 0.3) is 0 Å². The zero-order valence-corrected chi connectivity index (χ0v) is 12.5. The first-order chi connectivity index (χ1) is 8.34. The molecule has 2 rings (SSSR count). The van der Waals surface area contributed by atoms with E-state index in [9.17, 15) is 4.79 Å². The van der Waals surface area contributed by atoms with Crippen LogP contribution in [-0.4, -0.2) is 12.1 Å². The minimum absolute atomic E-state index is 0.0553. The normalized spacial score (nSPS) is 43.9. The lowest BCUT2D eigenvalue weighted by molar-refractivity contribution is -0.162. The number of ether oxygens (including phenoxy) is 1. The highest BCUT2D eigenvalue weighted by Gasteiger charge is 2.55. The summed E-state index contributed by atoms with van der Waals surface area (Å²) >= 11 is 0. The van der Waals surface area contributed by atoms with Gasteiger partial charge in [0.25, 0.3) is 0 Å². The number of carbonyl (C=O) groups excluding carboxylic acids is 1. The molecule has 2 fully saturated rings. The lowest BCUT2D eigenvalue weighted by Gasteiger charge is -2.37. The fourth-order valence-electron chi connectivity index (χ4n) is 3.38. The monoisotopic (exact) mass is 252 g/mol. The lowest BCUT2D eigenvalue weighted by Crippen LogP contribution is -2.37. The third-order valence-corrected chi connectivity index (χ3v) is 5.34. The van der Waals surface area contributed by atoms with Crippen molar-refractivity contribution in [2.75, 3.05) is 0 Å². The van der Waals surface area contributed by atoms with Gasteiger partial charge in [0.05, 0.1) is 5.41 Å². The fourth-order valence-corrected chi connectivity index (χ4v) is 3.38. The van der Waals surface area contributed by atoms with Gasteiger partial charge in [0, 0.05) is 0 Å². The molecule has 0 spiro atoms. The second-order valence-electron chi connectivity index (χ2n) is 7.29. The van der Waals surface area contributed by atoms with Crippen molar-refractivity contribution in [1.29, 1.82) is 0 Å². The van der Waals surface area contributed by atoms with E-state index in [1.54, 1.807) is 0 Å². The smallest absolute Gasteiger partial charge is 0.312 e. The first kappa shape index (κ1) is 13.9. The standard InChI is InChI=1S/C16H28O2/c1-10(2)13-7-6-11(3)8-14(13)18-15(17)16(5)9-12(16)4/h10-14H,6-9H2,1-5H3.